The lowest BCUT2D eigenvalue weighted by molar-refractivity contribution is 0.100. The van der Waals surface area contributed by atoms with E-state index in [1.807, 2.05) is 67.1 Å². The number of hydrogen-bond acceptors (Lipinski definition) is 7. The average Bonchev–Trinajstić information content (AvgIpc) is 3.19. The number of nitrogens with two attached hydrogens (primary N) is 2. The fraction of sp³-hybridized carbons (Fsp3) is 0.276. The van der Waals surface area contributed by atoms with Gasteiger partial charge in [-0.3, -0.25) is 4.79 Å². The third kappa shape index (κ3) is 5.63. The van der Waals surface area contributed by atoms with Gasteiger partial charge in [0.2, 0.25) is 0 Å². The Morgan fingerprint density at radius 1 is 1.03 bits per heavy atom. The van der Waals surface area contributed by atoms with Crippen molar-refractivity contribution in [2.24, 2.45) is 11.7 Å². The van der Waals surface area contributed by atoms with E-state index in [9.17, 15) is 4.79 Å². The van der Waals surface area contributed by atoms with E-state index < -0.39 is 5.91 Å². The van der Waals surface area contributed by atoms with Crippen molar-refractivity contribution >= 4 is 11.7 Å². The van der Waals surface area contributed by atoms with Crippen molar-refractivity contribution in [3.05, 3.63) is 83.6 Å². The Labute approximate surface area is 222 Å². The first kappa shape index (κ1) is 25.3. The number of hydrogen-bond donors (Lipinski definition) is 2. The highest BCUT2D eigenvalue weighted by atomic mass is 16.5. The summed E-state index contributed by atoms with van der Waals surface area (Å²) >= 11 is 0. The molecule has 0 unspecified atom stereocenters. The molecule has 4 aromatic rings. The molecule has 1 saturated heterocycles. The van der Waals surface area contributed by atoms with Crippen LogP contribution in [0.25, 0.3) is 11.1 Å². The van der Waals surface area contributed by atoms with Crippen LogP contribution < -0.4 is 20.9 Å². The fourth-order valence-electron chi connectivity index (χ4n) is 4.78. The van der Waals surface area contributed by atoms with Crippen LogP contribution in [0.3, 0.4) is 0 Å². The molecule has 0 bridgehead atoms. The Morgan fingerprint density at radius 2 is 1.71 bits per heavy atom. The zero-order valence-corrected chi connectivity index (χ0v) is 21.8. The maximum Gasteiger partial charge on any atom is 0.253 e. The summed E-state index contributed by atoms with van der Waals surface area (Å²) in [7, 11) is 2.09. The van der Waals surface area contributed by atoms with Gasteiger partial charge in [0.05, 0.1) is 5.56 Å². The standard InChI is InChI=1S/C29H32N6O3/c1-18-8-24(37-17-20-11-32-19(2)33-12-20)10-25(9-18)38-23-6-4-22(5-7-23)26-16-35(15-21-13-34(3)14-21)28(30)27(26)29(31)36/h4-12,16,21H,13-15,17,30H2,1-3H3,(H2,31,36). The van der Waals surface area contributed by atoms with Crippen molar-refractivity contribution in [2.45, 2.75) is 27.0 Å². The zero-order valence-electron chi connectivity index (χ0n) is 21.8. The number of nitrogens with zero attached hydrogens (tertiary/aromatic N) is 4. The summed E-state index contributed by atoms with van der Waals surface area (Å²) in [6.07, 6.45) is 5.44. The Morgan fingerprint density at radius 3 is 2.37 bits per heavy atom. The molecule has 3 heterocycles. The topological polar surface area (TPSA) is 122 Å². The molecule has 0 spiro atoms. The number of carbonyl (C=O) groups is 1. The molecule has 2 aromatic heterocycles. The van der Waals surface area contributed by atoms with Gasteiger partial charge >= 0.3 is 0 Å². The quantitative estimate of drug-likeness (QED) is 0.345. The summed E-state index contributed by atoms with van der Waals surface area (Å²) in [5.41, 5.74) is 15.9. The second kappa shape index (κ2) is 10.5. The number of anilines is 1. The highest BCUT2D eigenvalue weighted by molar-refractivity contribution is 6.04. The lowest BCUT2D eigenvalue weighted by atomic mass is 10.0. The normalized spacial score (nSPS) is 13.8. The van der Waals surface area contributed by atoms with Crippen LogP contribution in [0.5, 0.6) is 17.2 Å². The molecule has 1 amide bonds. The van der Waals surface area contributed by atoms with Crippen molar-refractivity contribution in [3.8, 4) is 28.4 Å². The molecule has 0 atom stereocenters. The lowest BCUT2D eigenvalue weighted by Gasteiger charge is -2.36. The number of ether oxygens (including phenoxy) is 2. The van der Waals surface area contributed by atoms with Crippen molar-refractivity contribution in [2.75, 3.05) is 25.9 Å². The predicted octanol–water partition coefficient (Wildman–Crippen LogP) is 4.18. The van der Waals surface area contributed by atoms with Gasteiger partial charge in [0.25, 0.3) is 5.91 Å². The predicted molar refractivity (Wildman–Crippen MR) is 146 cm³/mol. The van der Waals surface area contributed by atoms with Crippen LogP contribution in [0, 0.1) is 19.8 Å². The number of nitrogen functional groups attached to an aromatic ring is 1. The zero-order chi connectivity index (χ0) is 26.8. The van der Waals surface area contributed by atoms with Gasteiger partial charge in [0.1, 0.15) is 35.5 Å². The Kier molecular flexibility index (Phi) is 7.02. The van der Waals surface area contributed by atoms with Gasteiger partial charge < -0.3 is 30.4 Å². The minimum absolute atomic E-state index is 0.353. The van der Waals surface area contributed by atoms with Crippen molar-refractivity contribution in [1.82, 2.24) is 19.4 Å². The van der Waals surface area contributed by atoms with Crippen LogP contribution in [-0.4, -0.2) is 45.5 Å². The van der Waals surface area contributed by atoms with E-state index in [0.717, 1.165) is 47.7 Å². The minimum atomic E-state index is -0.535. The van der Waals surface area contributed by atoms with Crippen LogP contribution in [0.15, 0.2) is 61.1 Å². The van der Waals surface area contributed by atoms with E-state index >= 15 is 0 Å². The third-order valence-corrected chi connectivity index (χ3v) is 6.63. The van der Waals surface area contributed by atoms with Gasteiger partial charge in [-0.2, -0.15) is 0 Å². The number of rotatable bonds is 9. The number of amides is 1. The molecule has 196 valence electrons. The smallest absolute Gasteiger partial charge is 0.253 e. The molecule has 1 aliphatic rings. The first-order valence-corrected chi connectivity index (χ1v) is 12.5. The molecule has 9 nitrogen and oxygen atoms in total. The Balaban J connectivity index is 1.30. The van der Waals surface area contributed by atoms with Gasteiger partial charge in [-0.05, 0) is 56.3 Å². The molecule has 4 N–H and O–H groups in total. The number of aryl methyl sites for hydroxylation is 2. The first-order chi connectivity index (χ1) is 18.2. The summed E-state index contributed by atoms with van der Waals surface area (Å²) in [6.45, 7) is 6.97. The summed E-state index contributed by atoms with van der Waals surface area (Å²) in [5, 5.41) is 0. The van der Waals surface area contributed by atoms with Crippen molar-refractivity contribution < 1.29 is 14.3 Å². The molecule has 1 fully saturated rings. The maximum atomic E-state index is 12.3. The summed E-state index contributed by atoms with van der Waals surface area (Å²) in [6, 6.07) is 13.3. The number of benzene rings is 2. The fourth-order valence-corrected chi connectivity index (χ4v) is 4.78. The third-order valence-electron chi connectivity index (χ3n) is 6.63. The van der Waals surface area contributed by atoms with Crippen molar-refractivity contribution in [3.63, 3.8) is 0 Å². The largest absolute Gasteiger partial charge is 0.489 e. The van der Waals surface area contributed by atoms with E-state index in [-0.39, 0.29) is 0 Å². The van der Waals surface area contributed by atoms with Gasteiger partial charge in [0, 0.05) is 61.3 Å². The van der Waals surface area contributed by atoms with Gasteiger partial charge in [0.15, 0.2) is 0 Å². The second-order valence-corrected chi connectivity index (χ2v) is 9.94. The molecule has 0 radical (unpaired) electrons. The van der Waals surface area contributed by atoms with Crippen LogP contribution in [0.2, 0.25) is 0 Å². The van der Waals surface area contributed by atoms with Crippen LogP contribution in [0.4, 0.5) is 5.82 Å². The highest BCUT2D eigenvalue weighted by Gasteiger charge is 2.26. The second-order valence-electron chi connectivity index (χ2n) is 9.94. The van der Waals surface area contributed by atoms with E-state index in [2.05, 4.69) is 21.9 Å². The monoisotopic (exact) mass is 512 g/mol. The average molecular weight is 513 g/mol. The number of aromatic nitrogens is 3. The molecule has 1 aliphatic heterocycles. The molecule has 0 aliphatic carbocycles. The summed E-state index contributed by atoms with van der Waals surface area (Å²) < 4.78 is 14.0. The van der Waals surface area contributed by atoms with Crippen molar-refractivity contribution in [1.29, 1.82) is 0 Å². The molecule has 0 saturated carbocycles. The molecule has 9 heteroatoms. The van der Waals surface area contributed by atoms with E-state index in [1.54, 1.807) is 12.4 Å². The minimum Gasteiger partial charge on any atom is -0.489 e. The van der Waals surface area contributed by atoms with Crippen LogP contribution in [0.1, 0.15) is 27.3 Å². The van der Waals surface area contributed by atoms with E-state index in [0.29, 0.717) is 41.2 Å². The van der Waals surface area contributed by atoms with Gasteiger partial charge in [-0.1, -0.05) is 12.1 Å². The summed E-state index contributed by atoms with van der Waals surface area (Å²) in [5.74, 6) is 3.11. The molecular weight excluding hydrogens is 480 g/mol. The maximum absolute atomic E-state index is 12.3. The first-order valence-electron chi connectivity index (χ1n) is 12.5. The molecule has 38 heavy (non-hydrogen) atoms. The molecule has 5 rings (SSSR count). The SMILES string of the molecule is Cc1cc(OCc2cnc(C)nc2)cc(Oc2ccc(-c3cn(CC4CN(C)C4)c(N)c3C(N)=O)cc2)c1. The number of likely N-dealkylation sites (tertiary alicyclic amines) is 1. The summed E-state index contributed by atoms with van der Waals surface area (Å²) in [4.78, 5) is 22.9. The number of carbonyl (C=O) groups excluding carboxylic acids is 1. The van der Waals surface area contributed by atoms with Crippen LogP contribution in [-0.2, 0) is 13.2 Å². The van der Waals surface area contributed by atoms with Gasteiger partial charge in [-0.25, -0.2) is 9.97 Å². The van der Waals surface area contributed by atoms with E-state index in [4.69, 9.17) is 20.9 Å². The number of primary amides is 1. The Bertz CT molecular complexity index is 1440. The van der Waals surface area contributed by atoms with E-state index in [1.165, 1.54) is 0 Å². The van der Waals surface area contributed by atoms with Gasteiger partial charge in [-0.15, -0.1) is 0 Å². The van der Waals surface area contributed by atoms with Crippen LogP contribution >= 0.6 is 0 Å². The molecular formula is C29H32N6O3. The molecule has 2 aromatic carbocycles. The lowest BCUT2D eigenvalue weighted by Crippen LogP contribution is -2.45. The Hall–Kier alpha value is -4.37. The highest BCUT2D eigenvalue weighted by Crippen LogP contribution is 2.34.